The number of rotatable bonds is 2. The second-order valence-electron chi connectivity index (χ2n) is 5.57. The van der Waals surface area contributed by atoms with Crippen molar-refractivity contribution in [1.82, 2.24) is 9.88 Å². The summed E-state index contributed by atoms with van der Waals surface area (Å²) in [6.07, 6.45) is 0. The van der Waals surface area contributed by atoms with E-state index in [0.717, 1.165) is 32.9 Å². The average Bonchev–Trinajstić information content (AvgIpc) is 2.84. The van der Waals surface area contributed by atoms with Crippen molar-refractivity contribution in [1.29, 1.82) is 0 Å². The van der Waals surface area contributed by atoms with Crippen molar-refractivity contribution in [2.45, 2.75) is 29.5 Å². The van der Waals surface area contributed by atoms with E-state index < -0.39 is 40.9 Å². The van der Waals surface area contributed by atoms with Gasteiger partial charge in [-0.2, -0.15) is 0 Å². The first-order valence-electron chi connectivity index (χ1n) is 6.20. The molecule has 0 spiro atoms. The molecule has 0 unspecified atom stereocenters. The predicted molar refractivity (Wildman–Crippen MR) is 75.5 cm³/mol. The van der Waals surface area contributed by atoms with Crippen molar-refractivity contribution in [2.75, 3.05) is 6.54 Å². The number of aromatic nitrogens is 1. The van der Waals surface area contributed by atoms with Crippen LogP contribution in [0.1, 0.15) is 18.7 Å². The molecule has 3 rings (SSSR count). The quantitative estimate of drug-likeness (QED) is 0.754. The number of fused-ring (bicyclic) bond motifs is 2. The molecular weight excluding hydrogens is 316 g/mol. The molecule has 1 aromatic rings. The molecular formula is C12H12N2O5S2. The van der Waals surface area contributed by atoms with E-state index >= 15 is 0 Å². The first kappa shape index (κ1) is 14.3. The summed E-state index contributed by atoms with van der Waals surface area (Å²) < 4.78 is 0. The summed E-state index contributed by atoms with van der Waals surface area (Å²) in [4.78, 5) is 51.2. The summed E-state index contributed by atoms with van der Waals surface area (Å²) in [5, 5.41) is 8.77. The average molecular weight is 328 g/mol. The van der Waals surface area contributed by atoms with Crippen LogP contribution in [0.25, 0.3) is 0 Å². The Balaban J connectivity index is 2.07. The number of nitrogens with one attached hydrogen (secondary N) is 1. The maximum atomic E-state index is 12.5. The Hall–Kier alpha value is -1.61. The number of carboxylic acid groups (broad SMARTS) is 1. The van der Waals surface area contributed by atoms with Crippen LogP contribution in [0.3, 0.4) is 0 Å². The molecule has 2 aliphatic heterocycles. The Labute approximate surface area is 127 Å². The summed E-state index contributed by atoms with van der Waals surface area (Å²) in [6, 6.07) is 0. The van der Waals surface area contributed by atoms with Crippen LogP contribution in [0.2, 0.25) is 0 Å². The maximum absolute atomic E-state index is 12.5. The van der Waals surface area contributed by atoms with Gasteiger partial charge in [-0.3, -0.25) is 24.1 Å². The van der Waals surface area contributed by atoms with Gasteiger partial charge in [-0.1, -0.05) is 36.9 Å². The maximum Gasteiger partial charge on any atom is 0.323 e. The molecule has 112 valence electrons. The Morgan fingerprint density at radius 3 is 2.62 bits per heavy atom. The van der Waals surface area contributed by atoms with Crippen molar-refractivity contribution < 1.29 is 19.5 Å². The minimum atomic E-state index is -1.22. The number of nitrogens with zero attached hydrogens (tertiary/aromatic N) is 1. The van der Waals surface area contributed by atoms with Crippen molar-refractivity contribution in [3.63, 3.8) is 0 Å². The number of likely N-dealkylation sites (tertiary alicyclic amines) is 1. The zero-order valence-corrected chi connectivity index (χ0v) is 12.8. The van der Waals surface area contributed by atoms with Gasteiger partial charge >= 0.3 is 10.8 Å². The van der Waals surface area contributed by atoms with Crippen molar-refractivity contribution >= 4 is 40.9 Å². The van der Waals surface area contributed by atoms with Crippen molar-refractivity contribution in [3.05, 3.63) is 14.5 Å². The second kappa shape index (κ2) is 4.44. The Bertz CT molecular complexity index is 719. The third kappa shape index (κ3) is 1.95. The monoisotopic (exact) mass is 328 g/mol. The van der Waals surface area contributed by atoms with E-state index in [-0.39, 0.29) is 4.87 Å². The van der Waals surface area contributed by atoms with Gasteiger partial charge in [0.1, 0.15) is 11.8 Å². The van der Waals surface area contributed by atoms with E-state index in [0.29, 0.717) is 5.03 Å². The van der Waals surface area contributed by atoms with E-state index in [1.54, 1.807) is 0 Å². The highest BCUT2D eigenvalue weighted by Gasteiger charge is 2.59. The zero-order chi connectivity index (χ0) is 15.5. The van der Waals surface area contributed by atoms with Gasteiger partial charge in [0.15, 0.2) is 0 Å². The van der Waals surface area contributed by atoms with Crippen LogP contribution in [-0.2, 0) is 19.8 Å². The summed E-state index contributed by atoms with van der Waals surface area (Å²) in [6.45, 7) is 3.00. The van der Waals surface area contributed by atoms with Crippen LogP contribution in [-0.4, -0.2) is 44.6 Å². The number of thiazole rings is 1. The highest BCUT2D eigenvalue weighted by atomic mass is 32.2. The highest BCUT2D eigenvalue weighted by molar-refractivity contribution is 8.00. The SMILES string of the molecule is CC1(C)c2sc(=O)[nH]c2S[C@H]2C(=O)N(CC(=O)O)C(=O)[C@H]21. The Kier molecular flexibility index (Phi) is 3.03. The number of hydrogen-bond acceptors (Lipinski definition) is 6. The fourth-order valence-corrected chi connectivity index (χ4v) is 5.69. The van der Waals surface area contributed by atoms with Gasteiger partial charge in [0.2, 0.25) is 11.8 Å². The van der Waals surface area contributed by atoms with Gasteiger partial charge in [-0.05, 0) is 0 Å². The molecule has 2 atom stereocenters. The number of carbonyl (C=O) groups is 3. The molecule has 1 fully saturated rings. The van der Waals surface area contributed by atoms with E-state index in [2.05, 4.69) is 4.98 Å². The van der Waals surface area contributed by atoms with Crippen molar-refractivity contribution in [3.8, 4) is 0 Å². The minimum absolute atomic E-state index is 0.220. The molecule has 0 aliphatic carbocycles. The van der Waals surface area contributed by atoms with Crippen LogP contribution in [0.5, 0.6) is 0 Å². The van der Waals surface area contributed by atoms with Gasteiger partial charge in [0.05, 0.1) is 10.9 Å². The van der Waals surface area contributed by atoms with E-state index in [1.807, 2.05) is 13.8 Å². The zero-order valence-electron chi connectivity index (χ0n) is 11.2. The number of imide groups is 1. The topological polar surface area (TPSA) is 108 Å². The number of hydrogen-bond donors (Lipinski definition) is 2. The normalized spacial score (nSPS) is 26.7. The summed E-state index contributed by atoms with van der Waals surface area (Å²) in [5.41, 5.74) is -0.685. The highest BCUT2D eigenvalue weighted by Crippen LogP contribution is 2.52. The lowest BCUT2D eigenvalue weighted by atomic mass is 9.76. The van der Waals surface area contributed by atoms with Gasteiger partial charge in [-0.15, -0.1) is 0 Å². The second-order valence-corrected chi connectivity index (χ2v) is 7.70. The smallest absolute Gasteiger partial charge is 0.323 e. The number of aliphatic carboxylic acids is 1. The van der Waals surface area contributed by atoms with Gasteiger partial charge in [0, 0.05) is 10.3 Å². The third-order valence-electron chi connectivity index (χ3n) is 3.86. The largest absolute Gasteiger partial charge is 0.480 e. The van der Waals surface area contributed by atoms with E-state index in [4.69, 9.17) is 5.11 Å². The number of aromatic amines is 1. The molecule has 21 heavy (non-hydrogen) atoms. The molecule has 2 N–H and O–H groups in total. The first-order valence-corrected chi connectivity index (χ1v) is 7.90. The third-order valence-corrected chi connectivity index (χ3v) is 6.48. The fourth-order valence-electron chi connectivity index (χ4n) is 2.89. The minimum Gasteiger partial charge on any atom is -0.480 e. The molecule has 9 heteroatoms. The lowest BCUT2D eigenvalue weighted by Gasteiger charge is -2.36. The van der Waals surface area contributed by atoms with Crippen LogP contribution in [0.15, 0.2) is 9.82 Å². The standard InChI is InChI=1S/C12H12N2O5S2/c1-12(2)5-6(20-8-7(12)21-11(19)13-8)10(18)14(9(5)17)3-4(15)16/h5-6H,3H2,1-2H3,(H,13,19)(H,15,16)/t5-,6+/m0/s1. The van der Waals surface area contributed by atoms with E-state index in [1.165, 1.54) is 0 Å². The Morgan fingerprint density at radius 2 is 2.00 bits per heavy atom. The van der Waals surface area contributed by atoms with Crippen LogP contribution >= 0.6 is 23.1 Å². The van der Waals surface area contributed by atoms with Gasteiger partial charge in [-0.25, -0.2) is 0 Å². The molecule has 3 heterocycles. The number of thioether (sulfide) groups is 1. The summed E-state index contributed by atoms with van der Waals surface area (Å²) >= 11 is 2.18. The number of carboxylic acids is 1. The van der Waals surface area contributed by atoms with Crippen LogP contribution < -0.4 is 4.87 Å². The number of amides is 2. The molecule has 2 amide bonds. The lowest BCUT2D eigenvalue weighted by Crippen LogP contribution is -2.41. The predicted octanol–water partition coefficient (Wildman–Crippen LogP) is 0.258. The summed E-state index contributed by atoms with van der Waals surface area (Å²) in [7, 11) is 0. The molecule has 7 nitrogen and oxygen atoms in total. The van der Waals surface area contributed by atoms with Crippen LogP contribution in [0.4, 0.5) is 0 Å². The van der Waals surface area contributed by atoms with Gasteiger partial charge in [0.25, 0.3) is 0 Å². The molecule has 1 aromatic heterocycles. The number of carbonyl (C=O) groups excluding carboxylic acids is 2. The molecule has 0 aromatic carbocycles. The number of H-pyrrole nitrogens is 1. The van der Waals surface area contributed by atoms with E-state index in [9.17, 15) is 19.2 Å². The first-order chi connectivity index (χ1) is 9.73. The van der Waals surface area contributed by atoms with Crippen molar-refractivity contribution in [2.24, 2.45) is 5.92 Å². The molecule has 1 saturated heterocycles. The molecule has 0 saturated carbocycles. The molecule has 0 bridgehead atoms. The van der Waals surface area contributed by atoms with Crippen LogP contribution in [0, 0.1) is 5.92 Å². The molecule has 2 aliphatic rings. The fraction of sp³-hybridized carbons (Fsp3) is 0.500. The van der Waals surface area contributed by atoms with Gasteiger partial charge < -0.3 is 10.1 Å². The Morgan fingerprint density at radius 1 is 1.33 bits per heavy atom. The lowest BCUT2D eigenvalue weighted by molar-refractivity contribution is -0.149. The molecule has 0 radical (unpaired) electrons. The summed E-state index contributed by atoms with van der Waals surface area (Å²) in [5.74, 6) is -2.84.